The van der Waals surface area contributed by atoms with Crippen molar-refractivity contribution in [1.82, 2.24) is 0 Å². The molecule has 1 atom stereocenters. The number of benzene rings is 2. The molecule has 0 amide bonds. The quantitative estimate of drug-likeness (QED) is 0.284. The van der Waals surface area contributed by atoms with Crippen molar-refractivity contribution in [3.63, 3.8) is 0 Å². The van der Waals surface area contributed by atoms with E-state index in [4.69, 9.17) is 11.6 Å². The van der Waals surface area contributed by atoms with E-state index in [0.717, 1.165) is 18.2 Å². The fourth-order valence-corrected chi connectivity index (χ4v) is 2.29. The van der Waals surface area contributed by atoms with Gasteiger partial charge in [0, 0.05) is 11.1 Å². The normalized spacial score (nSPS) is 12.6. The molecule has 1 unspecified atom stereocenters. The highest BCUT2D eigenvalue weighted by Crippen LogP contribution is 2.35. The summed E-state index contributed by atoms with van der Waals surface area (Å²) in [5, 5.41) is -1.49. The third-order valence-corrected chi connectivity index (χ3v) is 3.73. The first-order valence-electron chi connectivity index (χ1n) is 5.24. The van der Waals surface area contributed by atoms with Crippen LogP contribution in [0.3, 0.4) is 0 Å². The van der Waals surface area contributed by atoms with Crippen LogP contribution in [0.2, 0.25) is 0 Å². The molecule has 0 N–H and O–H groups in total. The fourth-order valence-electron chi connectivity index (χ4n) is 1.64. The molecular weight excluding hydrogens is 366 g/mol. The Balaban J connectivity index is 2.55. The monoisotopic (exact) mass is 370 g/mol. The van der Waals surface area contributed by atoms with Gasteiger partial charge in [-0.3, -0.25) is 0 Å². The molecule has 0 heterocycles. The highest BCUT2D eigenvalue weighted by atomic mass is 79.9. The molecule has 0 saturated heterocycles. The van der Waals surface area contributed by atoms with E-state index in [9.17, 15) is 22.0 Å². The van der Waals surface area contributed by atoms with Gasteiger partial charge in [0.15, 0.2) is 17.5 Å². The molecule has 0 bridgehead atoms. The third kappa shape index (κ3) is 2.67. The molecule has 0 aliphatic heterocycles. The molecule has 0 aliphatic carbocycles. The van der Waals surface area contributed by atoms with Crippen molar-refractivity contribution in [1.29, 1.82) is 0 Å². The lowest BCUT2D eigenvalue weighted by Gasteiger charge is -2.13. The summed E-state index contributed by atoms with van der Waals surface area (Å²) in [5.74, 6) is -6.35. The SMILES string of the molecule is Fc1cc(C(Cl)c2ccc(F)c(F)c2F)c(F)cc1Br. The Hall–Kier alpha value is -1.14. The largest absolute Gasteiger partial charge is 0.207 e. The van der Waals surface area contributed by atoms with Crippen LogP contribution in [-0.4, -0.2) is 0 Å². The zero-order chi connectivity index (χ0) is 15.0. The Kier molecular flexibility index (Phi) is 4.34. The van der Waals surface area contributed by atoms with Crippen molar-refractivity contribution in [2.75, 3.05) is 0 Å². The van der Waals surface area contributed by atoms with Crippen LogP contribution < -0.4 is 0 Å². The van der Waals surface area contributed by atoms with Gasteiger partial charge in [-0.2, -0.15) is 0 Å². The second kappa shape index (κ2) is 5.69. The van der Waals surface area contributed by atoms with Gasteiger partial charge in [-0.25, -0.2) is 22.0 Å². The summed E-state index contributed by atoms with van der Waals surface area (Å²) in [7, 11) is 0. The van der Waals surface area contributed by atoms with E-state index in [2.05, 4.69) is 15.9 Å². The first kappa shape index (κ1) is 15.3. The summed E-state index contributed by atoms with van der Waals surface area (Å²) >= 11 is 8.62. The minimum absolute atomic E-state index is 0.131. The summed E-state index contributed by atoms with van der Waals surface area (Å²) in [6.07, 6.45) is 0. The van der Waals surface area contributed by atoms with E-state index in [0.29, 0.717) is 6.07 Å². The zero-order valence-electron chi connectivity index (χ0n) is 9.53. The molecule has 0 radical (unpaired) electrons. The second-order valence-electron chi connectivity index (χ2n) is 3.91. The Morgan fingerprint density at radius 1 is 0.800 bits per heavy atom. The van der Waals surface area contributed by atoms with Gasteiger partial charge in [0.1, 0.15) is 11.6 Å². The minimum Gasteiger partial charge on any atom is -0.207 e. The summed E-state index contributed by atoms with van der Waals surface area (Å²) in [4.78, 5) is 0. The smallest absolute Gasteiger partial charge is 0.194 e. The van der Waals surface area contributed by atoms with Gasteiger partial charge in [0.05, 0.1) is 9.85 Å². The van der Waals surface area contributed by atoms with Crippen molar-refractivity contribution in [2.24, 2.45) is 0 Å². The van der Waals surface area contributed by atoms with Gasteiger partial charge in [-0.15, -0.1) is 11.6 Å². The van der Waals surface area contributed by atoms with E-state index in [1.165, 1.54) is 0 Å². The lowest BCUT2D eigenvalue weighted by molar-refractivity contribution is 0.441. The molecule has 106 valence electrons. The first-order chi connectivity index (χ1) is 9.32. The van der Waals surface area contributed by atoms with Crippen LogP contribution in [0.15, 0.2) is 28.7 Å². The second-order valence-corrected chi connectivity index (χ2v) is 5.21. The van der Waals surface area contributed by atoms with Crippen LogP contribution in [0, 0.1) is 29.1 Å². The van der Waals surface area contributed by atoms with Crippen LogP contribution >= 0.6 is 27.5 Å². The molecule has 0 aliphatic rings. The number of hydrogen-bond acceptors (Lipinski definition) is 0. The Morgan fingerprint density at radius 2 is 1.45 bits per heavy atom. The van der Waals surface area contributed by atoms with Gasteiger partial charge in [-0.1, -0.05) is 6.07 Å². The Morgan fingerprint density at radius 3 is 2.10 bits per heavy atom. The van der Waals surface area contributed by atoms with Crippen LogP contribution in [0.25, 0.3) is 0 Å². The maximum Gasteiger partial charge on any atom is 0.194 e. The molecule has 2 aromatic rings. The standard InChI is InChI=1S/C13H5BrClF5/c14-7-4-9(17)6(3-10(7)18)11(15)5-1-2-8(16)13(20)12(5)19/h1-4,11H. The maximum absolute atomic E-state index is 13.7. The Bertz CT molecular complexity index is 672. The summed E-state index contributed by atoms with van der Waals surface area (Å²) in [5.41, 5.74) is -0.858. The van der Waals surface area contributed by atoms with Crippen LogP contribution in [0.5, 0.6) is 0 Å². The van der Waals surface area contributed by atoms with Crippen molar-refractivity contribution < 1.29 is 22.0 Å². The van der Waals surface area contributed by atoms with Gasteiger partial charge in [0.2, 0.25) is 0 Å². The van der Waals surface area contributed by atoms with Crippen LogP contribution in [-0.2, 0) is 0 Å². The number of halogens is 7. The Labute approximate surface area is 124 Å². The molecule has 2 aromatic carbocycles. The lowest BCUT2D eigenvalue weighted by atomic mass is 10.0. The van der Waals surface area contributed by atoms with Crippen molar-refractivity contribution in [3.05, 3.63) is 69.0 Å². The van der Waals surface area contributed by atoms with E-state index >= 15 is 0 Å². The first-order valence-corrected chi connectivity index (χ1v) is 6.47. The van der Waals surface area contributed by atoms with Crippen molar-refractivity contribution in [2.45, 2.75) is 5.38 Å². The van der Waals surface area contributed by atoms with E-state index < -0.39 is 40.0 Å². The van der Waals surface area contributed by atoms with Crippen molar-refractivity contribution in [3.8, 4) is 0 Å². The molecule has 0 nitrogen and oxygen atoms in total. The van der Waals surface area contributed by atoms with Gasteiger partial charge >= 0.3 is 0 Å². The molecule has 0 aromatic heterocycles. The fraction of sp³-hybridized carbons (Fsp3) is 0.0769. The highest BCUT2D eigenvalue weighted by Gasteiger charge is 2.24. The van der Waals surface area contributed by atoms with Crippen LogP contribution in [0.1, 0.15) is 16.5 Å². The summed E-state index contributed by atoms with van der Waals surface area (Å²) in [6.45, 7) is 0. The summed E-state index contributed by atoms with van der Waals surface area (Å²) in [6, 6.07) is 3.12. The number of hydrogen-bond donors (Lipinski definition) is 0. The van der Waals surface area contributed by atoms with E-state index in [1.807, 2.05) is 0 Å². The number of alkyl halides is 1. The van der Waals surface area contributed by atoms with Gasteiger partial charge in [-0.05, 0) is 34.1 Å². The maximum atomic E-state index is 13.7. The average Bonchev–Trinajstić information content (AvgIpc) is 2.40. The van der Waals surface area contributed by atoms with Crippen molar-refractivity contribution >= 4 is 27.5 Å². The number of rotatable bonds is 2. The van der Waals surface area contributed by atoms with Crippen LogP contribution in [0.4, 0.5) is 22.0 Å². The molecule has 0 saturated carbocycles. The molecule has 20 heavy (non-hydrogen) atoms. The van der Waals surface area contributed by atoms with Gasteiger partial charge in [0.25, 0.3) is 0 Å². The third-order valence-electron chi connectivity index (χ3n) is 2.65. The topological polar surface area (TPSA) is 0 Å². The lowest BCUT2D eigenvalue weighted by Crippen LogP contribution is -2.04. The molecular formula is C13H5BrClF5. The molecule has 0 spiro atoms. The molecule has 2 rings (SSSR count). The van der Waals surface area contributed by atoms with E-state index in [-0.39, 0.29) is 10.0 Å². The summed E-state index contributed by atoms with van der Waals surface area (Å²) < 4.78 is 66.5. The minimum atomic E-state index is -1.72. The average molecular weight is 372 g/mol. The predicted molar refractivity (Wildman–Crippen MR) is 68.1 cm³/mol. The van der Waals surface area contributed by atoms with Gasteiger partial charge < -0.3 is 0 Å². The highest BCUT2D eigenvalue weighted by molar-refractivity contribution is 9.10. The van der Waals surface area contributed by atoms with E-state index in [1.54, 1.807) is 0 Å². The molecule has 0 fully saturated rings. The zero-order valence-corrected chi connectivity index (χ0v) is 11.9. The molecule has 7 heteroatoms. The predicted octanol–water partition coefficient (Wildman–Crippen LogP) is 5.47.